The molecule has 0 aliphatic rings. The normalized spacial score (nSPS) is 13.6. The highest BCUT2D eigenvalue weighted by Crippen LogP contribution is 2.36. The smallest absolute Gasteiger partial charge is 0.321 e. The van der Waals surface area contributed by atoms with Crippen molar-refractivity contribution >= 4 is 22.7 Å². The summed E-state index contributed by atoms with van der Waals surface area (Å²) < 4.78 is 33.8. The molecule has 0 radical (unpaired) electrons. The van der Waals surface area contributed by atoms with Crippen molar-refractivity contribution in [2.45, 2.75) is 70.8 Å². The highest BCUT2D eigenvalue weighted by Gasteiger charge is 2.31. The van der Waals surface area contributed by atoms with E-state index in [9.17, 15) is 23.5 Å². The fourth-order valence-corrected chi connectivity index (χ4v) is 5.37. The third kappa shape index (κ3) is 9.66. The Morgan fingerprint density at radius 2 is 2.00 bits per heavy atom. The number of amides is 2. The molecule has 14 heteroatoms. The second-order valence-electron chi connectivity index (χ2n) is 11.4. The number of hydrogen-bond donors (Lipinski definition) is 4. The van der Waals surface area contributed by atoms with Gasteiger partial charge in [-0.2, -0.15) is 19.4 Å². The van der Waals surface area contributed by atoms with Crippen LogP contribution in [0.5, 0.6) is 0 Å². The fraction of sp³-hybridized carbons (Fsp3) is 0.424. The second-order valence-corrected chi connectivity index (χ2v) is 11.4. The number of benzene rings is 2. The maximum absolute atomic E-state index is 13.8. The van der Waals surface area contributed by atoms with Crippen LogP contribution in [0.25, 0.3) is 10.9 Å². The molecule has 12 nitrogen and oxygen atoms in total. The van der Waals surface area contributed by atoms with Crippen molar-refractivity contribution < 1.29 is 28.2 Å². The molecule has 3 unspecified atom stereocenters. The number of ether oxygens (including phenoxy) is 1. The first-order chi connectivity index (χ1) is 22.2. The standard InChI is InChI=1S/C33H44F2N8O4/c1-7-30(32(46)38-19-24-9-11-29-25(17-24)20-42(39-29)14-15-44)41(5)31(45)18-27(23(4)47-6)28-16-21(2)8-10-26(28)22(3)43(40-37)13-12-33(34,35)36/h8-13,16-17,20,22,27,30,37,44H,4,7,14-15,18-19,36H2,1-3,5-6H3,(H,38,46)/b13-12+,40-37?. The van der Waals surface area contributed by atoms with Crippen molar-refractivity contribution in [1.82, 2.24) is 25.0 Å². The summed E-state index contributed by atoms with van der Waals surface area (Å²) in [7, 11) is 3.01. The summed E-state index contributed by atoms with van der Waals surface area (Å²) in [5.74, 6) is -1.03. The highest BCUT2D eigenvalue weighted by molar-refractivity contribution is 5.88. The highest BCUT2D eigenvalue weighted by atomic mass is 19.3. The number of aliphatic hydroxyl groups excluding tert-OH is 1. The van der Waals surface area contributed by atoms with Crippen LogP contribution >= 0.6 is 0 Å². The van der Waals surface area contributed by atoms with E-state index in [4.69, 9.17) is 16.0 Å². The molecule has 5 N–H and O–H groups in total. The zero-order chi connectivity index (χ0) is 34.9. The first kappa shape index (κ1) is 36.8. The predicted octanol–water partition coefficient (Wildman–Crippen LogP) is 4.90. The Morgan fingerprint density at radius 3 is 2.62 bits per heavy atom. The number of methoxy groups -OCH3 is 1. The molecular weight excluding hydrogens is 610 g/mol. The lowest BCUT2D eigenvalue weighted by Gasteiger charge is -2.31. The Labute approximate surface area is 273 Å². The molecule has 1 aromatic heterocycles. The molecule has 0 aliphatic heterocycles. The van der Waals surface area contributed by atoms with E-state index in [2.05, 4.69) is 22.2 Å². The van der Waals surface area contributed by atoms with Crippen LogP contribution in [-0.4, -0.2) is 69.5 Å². The molecule has 3 atom stereocenters. The Kier molecular flexibility index (Phi) is 12.7. The molecule has 2 amide bonds. The molecule has 0 saturated heterocycles. The van der Waals surface area contributed by atoms with Gasteiger partial charge in [0.1, 0.15) is 6.04 Å². The minimum Gasteiger partial charge on any atom is -0.501 e. The number of likely N-dealkylation sites (N-methyl/N-ethyl adjacent to an activating group) is 1. The van der Waals surface area contributed by atoms with Gasteiger partial charge in [-0.05, 0) is 49.1 Å². The third-order valence-corrected chi connectivity index (χ3v) is 8.02. The largest absolute Gasteiger partial charge is 0.501 e. The van der Waals surface area contributed by atoms with Gasteiger partial charge in [0, 0.05) is 49.8 Å². The molecule has 3 rings (SSSR count). The lowest BCUT2D eigenvalue weighted by Crippen LogP contribution is -2.47. The summed E-state index contributed by atoms with van der Waals surface area (Å²) in [6, 6.07) is 6.05. The van der Waals surface area contributed by atoms with Gasteiger partial charge < -0.3 is 20.1 Å². The number of aliphatic hydroxyl groups is 1. The molecule has 0 aliphatic carbocycles. The van der Waals surface area contributed by atoms with Crippen molar-refractivity contribution in [2.24, 2.45) is 11.0 Å². The van der Waals surface area contributed by atoms with Crippen molar-refractivity contribution in [3.8, 4) is 0 Å². The summed E-state index contributed by atoms with van der Waals surface area (Å²) >= 11 is 0. The number of carbonyl (C=O) groups is 2. The van der Waals surface area contributed by atoms with Crippen molar-refractivity contribution in [3.05, 3.63) is 89.5 Å². The number of nitrogens with two attached hydrogens (primary N) is 1. The van der Waals surface area contributed by atoms with E-state index in [-0.39, 0.29) is 31.4 Å². The molecule has 0 fully saturated rings. The van der Waals surface area contributed by atoms with Crippen molar-refractivity contribution in [3.63, 3.8) is 0 Å². The van der Waals surface area contributed by atoms with Crippen LogP contribution in [0, 0.1) is 12.5 Å². The van der Waals surface area contributed by atoms with E-state index in [1.807, 2.05) is 50.4 Å². The average Bonchev–Trinajstić information content (AvgIpc) is 3.43. The monoisotopic (exact) mass is 654 g/mol. The van der Waals surface area contributed by atoms with Gasteiger partial charge in [-0.15, -0.1) is 0 Å². The zero-order valence-corrected chi connectivity index (χ0v) is 27.4. The van der Waals surface area contributed by atoms with Crippen LogP contribution in [0.4, 0.5) is 8.78 Å². The van der Waals surface area contributed by atoms with Gasteiger partial charge in [0.25, 0.3) is 0 Å². The number of aryl methyl sites for hydroxylation is 1. The first-order valence-electron chi connectivity index (χ1n) is 15.2. The molecule has 0 saturated carbocycles. The quantitative estimate of drug-likeness (QED) is 0.0697. The van der Waals surface area contributed by atoms with Crippen molar-refractivity contribution in [2.75, 3.05) is 20.8 Å². The predicted molar refractivity (Wildman–Crippen MR) is 174 cm³/mol. The fourth-order valence-electron chi connectivity index (χ4n) is 5.37. The maximum Gasteiger partial charge on any atom is 0.321 e. The number of rotatable bonds is 17. The SMILES string of the molecule is C=C(OC)C(CC(=O)N(C)C(CC)C(=O)NCc1ccc2nn(CCO)cc2c1)c1cc(C)ccc1C(C)N(/C=C/C(N)(F)F)N=N. The number of nitrogens with zero attached hydrogens (tertiary/aromatic N) is 5. The average molecular weight is 655 g/mol. The van der Waals surface area contributed by atoms with Crippen LogP contribution in [0.1, 0.15) is 60.9 Å². The molecule has 0 bridgehead atoms. The number of fused-ring (bicyclic) bond motifs is 1. The summed E-state index contributed by atoms with van der Waals surface area (Å²) in [5, 5.41) is 21.8. The van der Waals surface area contributed by atoms with Gasteiger partial charge in [0.2, 0.25) is 11.8 Å². The number of nitrogens with one attached hydrogen (secondary N) is 2. The number of hydrogen-bond acceptors (Lipinski definition) is 8. The van der Waals surface area contributed by atoms with E-state index >= 15 is 0 Å². The summed E-state index contributed by atoms with van der Waals surface area (Å²) in [4.78, 5) is 28.5. The topological polar surface area (TPSA) is 162 Å². The lowest BCUT2D eigenvalue weighted by atomic mass is 9.86. The molecule has 0 spiro atoms. The molecule has 2 aromatic carbocycles. The van der Waals surface area contributed by atoms with Gasteiger partial charge >= 0.3 is 6.05 Å². The van der Waals surface area contributed by atoms with Crippen LogP contribution in [0.2, 0.25) is 0 Å². The Balaban J connectivity index is 1.80. The van der Waals surface area contributed by atoms with E-state index in [1.54, 1.807) is 24.7 Å². The van der Waals surface area contributed by atoms with Crippen LogP contribution in [-0.2, 0) is 27.4 Å². The van der Waals surface area contributed by atoms with E-state index < -0.39 is 24.0 Å². The van der Waals surface area contributed by atoms with Gasteiger partial charge in [-0.1, -0.05) is 48.6 Å². The third-order valence-electron chi connectivity index (χ3n) is 8.02. The minimum absolute atomic E-state index is 0.0233. The Hall–Kier alpha value is -4.69. The molecular formula is C33H44F2N8O4. The summed E-state index contributed by atoms with van der Waals surface area (Å²) in [6.07, 6.45) is 3.48. The number of allylic oxidation sites excluding steroid dienone is 1. The Morgan fingerprint density at radius 1 is 1.28 bits per heavy atom. The summed E-state index contributed by atoms with van der Waals surface area (Å²) in [5.41, 5.74) is 16.1. The lowest BCUT2D eigenvalue weighted by molar-refractivity contribution is -0.139. The van der Waals surface area contributed by atoms with Crippen LogP contribution in [0.3, 0.4) is 0 Å². The van der Waals surface area contributed by atoms with Gasteiger partial charge in [-0.3, -0.25) is 20.0 Å². The minimum atomic E-state index is -3.59. The zero-order valence-electron chi connectivity index (χ0n) is 27.4. The van der Waals surface area contributed by atoms with Crippen LogP contribution < -0.4 is 11.1 Å². The van der Waals surface area contributed by atoms with Gasteiger partial charge in [0.15, 0.2) is 0 Å². The number of halogens is 2. The van der Waals surface area contributed by atoms with Gasteiger partial charge in [0.05, 0.1) is 37.6 Å². The summed E-state index contributed by atoms with van der Waals surface area (Å²) in [6.45, 7) is 10.0. The molecule has 47 heavy (non-hydrogen) atoms. The van der Waals surface area contributed by atoms with E-state index in [1.165, 1.54) is 12.0 Å². The number of alkyl halides is 2. The van der Waals surface area contributed by atoms with Gasteiger partial charge in [-0.25, -0.2) is 5.01 Å². The molecule has 3 aromatic rings. The Bertz CT molecular complexity index is 1600. The van der Waals surface area contributed by atoms with Crippen LogP contribution in [0.15, 0.2) is 72.4 Å². The number of aromatic nitrogens is 2. The van der Waals surface area contributed by atoms with E-state index in [0.717, 1.165) is 33.2 Å². The first-order valence-corrected chi connectivity index (χ1v) is 15.2. The van der Waals surface area contributed by atoms with E-state index in [0.29, 0.717) is 35.9 Å². The molecule has 1 heterocycles. The van der Waals surface area contributed by atoms with Crippen molar-refractivity contribution in [1.29, 1.82) is 5.53 Å². The number of carbonyl (C=O) groups excluding carboxylic acids is 2. The maximum atomic E-state index is 13.8. The second kappa shape index (κ2) is 16.2. The molecule has 254 valence electrons.